The van der Waals surface area contributed by atoms with Crippen molar-refractivity contribution in [3.63, 3.8) is 0 Å². The van der Waals surface area contributed by atoms with Gasteiger partial charge in [0.2, 0.25) is 0 Å². The molecule has 0 radical (unpaired) electrons. The van der Waals surface area contributed by atoms with Gasteiger partial charge in [0.05, 0.1) is 18.5 Å². The van der Waals surface area contributed by atoms with E-state index in [2.05, 4.69) is 20.3 Å². The minimum absolute atomic E-state index is 0.183. The summed E-state index contributed by atoms with van der Waals surface area (Å²) < 4.78 is 6.98. The number of aromatic nitrogens is 4. The number of hydrogen-bond acceptors (Lipinski definition) is 9. The summed E-state index contributed by atoms with van der Waals surface area (Å²) in [7, 11) is 0. The number of fused-ring (bicyclic) bond motifs is 1. The molecule has 0 bridgehead atoms. The third-order valence-electron chi connectivity index (χ3n) is 4.84. The molecule has 1 saturated heterocycles. The highest BCUT2D eigenvalue weighted by Gasteiger charge is 2.44. The Bertz CT molecular complexity index is 1040. The number of anilines is 1. The van der Waals surface area contributed by atoms with E-state index in [1.807, 2.05) is 0 Å². The summed E-state index contributed by atoms with van der Waals surface area (Å²) in [6.45, 7) is -0.235. The summed E-state index contributed by atoms with van der Waals surface area (Å²) >= 11 is 0. The maximum atomic E-state index is 11.4. The number of nitrogens with one attached hydrogen (secondary N) is 1. The summed E-state index contributed by atoms with van der Waals surface area (Å²) in [5.41, 5.74) is 1.50. The summed E-state index contributed by atoms with van der Waals surface area (Å²) in [5, 5.41) is 41.8. The number of hydrogen-bond donors (Lipinski definition) is 5. The largest absolute Gasteiger partial charge is 0.478 e. The molecule has 5 N–H and O–H groups in total. The first kappa shape index (κ1) is 19.2. The first-order chi connectivity index (χ1) is 14.0. The SMILES string of the molecule is O=C(O)c1ccccc1CNc1ncnc2c1ncn2[C@@H]1O[C@H](CO)[C@@H](O)[C@H]1O. The lowest BCUT2D eigenvalue weighted by Crippen LogP contribution is -2.33. The fraction of sp³-hybridized carbons (Fsp3) is 0.333. The molecule has 0 spiro atoms. The molecule has 1 aromatic carbocycles. The highest BCUT2D eigenvalue weighted by Crippen LogP contribution is 2.32. The van der Waals surface area contributed by atoms with E-state index >= 15 is 0 Å². The Balaban J connectivity index is 1.61. The normalized spacial score (nSPS) is 24.1. The zero-order valence-corrected chi connectivity index (χ0v) is 15.1. The van der Waals surface area contributed by atoms with Crippen LogP contribution in [-0.2, 0) is 11.3 Å². The van der Waals surface area contributed by atoms with Crippen LogP contribution in [0.1, 0.15) is 22.1 Å². The molecule has 3 heterocycles. The molecule has 4 atom stereocenters. The van der Waals surface area contributed by atoms with E-state index in [9.17, 15) is 25.2 Å². The van der Waals surface area contributed by atoms with Crippen LogP contribution >= 0.6 is 0 Å². The van der Waals surface area contributed by atoms with Gasteiger partial charge in [0, 0.05) is 6.54 Å². The van der Waals surface area contributed by atoms with Crippen molar-refractivity contribution in [1.29, 1.82) is 0 Å². The quantitative estimate of drug-likeness (QED) is 0.372. The summed E-state index contributed by atoms with van der Waals surface area (Å²) in [6.07, 6.45) is -1.70. The molecule has 29 heavy (non-hydrogen) atoms. The number of aromatic carboxylic acids is 1. The highest BCUT2D eigenvalue weighted by atomic mass is 16.6. The smallest absolute Gasteiger partial charge is 0.336 e. The monoisotopic (exact) mass is 401 g/mol. The number of carbonyl (C=O) groups is 1. The van der Waals surface area contributed by atoms with Gasteiger partial charge in [0.15, 0.2) is 23.2 Å². The van der Waals surface area contributed by atoms with Crippen LogP contribution in [0.5, 0.6) is 0 Å². The predicted octanol–water partition coefficient (Wildman–Crippen LogP) is -0.252. The van der Waals surface area contributed by atoms with Crippen LogP contribution in [-0.4, -0.2) is 70.8 Å². The fourth-order valence-electron chi connectivity index (χ4n) is 3.34. The molecule has 3 aromatic rings. The summed E-state index contributed by atoms with van der Waals surface area (Å²) in [6, 6.07) is 6.62. The predicted molar refractivity (Wildman–Crippen MR) is 99.1 cm³/mol. The molecule has 11 nitrogen and oxygen atoms in total. The van der Waals surface area contributed by atoms with E-state index in [-0.39, 0.29) is 12.1 Å². The number of nitrogens with zero attached hydrogens (tertiary/aromatic N) is 4. The molecule has 4 rings (SSSR count). The van der Waals surface area contributed by atoms with E-state index in [4.69, 9.17) is 4.74 Å². The average Bonchev–Trinajstić information content (AvgIpc) is 3.28. The van der Waals surface area contributed by atoms with Gasteiger partial charge in [-0.25, -0.2) is 19.7 Å². The van der Waals surface area contributed by atoms with Crippen molar-refractivity contribution in [2.24, 2.45) is 0 Å². The zero-order chi connectivity index (χ0) is 20.5. The molecule has 0 amide bonds. The van der Waals surface area contributed by atoms with Crippen molar-refractivity contribution in [2.75, 3.05) is 11.9 Å². The highest BCUT2D eigenvalue weighted by molar-refractivity contribution is 5.89. The molecule has 0 unspecified atom stereocenters. The zero-order valence-electron chi connectivity index (χ0n) is 15.1. The first-order valence-corrected chi connectivity index (χ1v) is 8.86. The van der Waals surface area contributed by atoms with Crippen LogP contribution in [0.25, 0.3) is 11.2 Å². The van der Waals surface area contributed by atoms with Crippen LogP contribution in [0, 0.1) is 0 Å². The van der Waals surface area contributed by atoms with Crippen molar-refractivity contribution in [3.8, 4) is 0 Å². The van der Waals surface area contributed by atoms with E-state index < -0.39 is 37.1 Å². The molecule has 2 aromatic heterocycles. The van der Waals surface area contributed by atoms with E-state index in [0.717, 1.165) is 0 Å². The number of imidazole rings is 1. The van der Waals surface area contributed by atoms with Gasteiger partial charge in [-0.2, -0.15) is 0 Å². The third-order valence-corrected chi connectivity index (χ3v) is 4.84. The lowest BCUT2D eigenvalue weighted by Gasteiger charge is -2.16. The number of aliphatic hydroxyl groups is 3. The Morgan fingerprint density at radius 1 is 1.17 bits per heavy atom. The Kier molecular flexibility index (Phi) is 5.11. The molecular formula is C18H19N5O6. The molecule has 11 heteroatoms. The van der Waals surface area contributed by atoms with Crippen LogP contribution in [0.3, 0.4) is 0 Å². The second-order valence-corrected chi connectivity index (χ2v) is 6.59. The van der Waals surface area contributed by atoms with Gasteiger partial charge in [-0.15, -0.1) is 0 Å². The van der Waals surface area contributed by atoms with E-state index in [1.165, 1.54) is 23.3 Å². The van der Waals surface area contributed by atoms with Gasteiger partial charge in [0.1, 0.15) is 24.6 Å². The minimum atomic E-state index is -1.27. The van der Waals surface area contributed by atoms with Crippen LogP contribution in [0.2, 0.25) is 0 Å². The molecule has 152 valence electrons. The Labute approximate surface area is 164 Å². The van der Waals surface area contributed by atoms with Crippen molar-refractivity contribution in [1.82, 2.24) is 19.5 Å². The van der Waals surface area contributed by atoms with Crippen LogP contribution in [0.4, 0.5) is 5.82 Å². The van der Waals surface area contributed by atoms with Gasteiger partial charge in [-0.05, 0) is 11.6 Å². The molecule has 1 aliphatic rings. The molecule has 0 saturated carbocycles. The van der Waals surface area contributed by atoms with Gasteiger partial charge >= 0.3 is 5.97 Å². The van der Waals surface area contributed by atoms with E-state index in [0.29, 0.717) is 22.5 Å². The topological polar surface area (TPSA) is 163 Å². The second kappa shape index (κ2) is 7.72. The Morgan fingerprint density at radius 3 is 2.69 bits per heavy atom. The lowest BCUT2D eigenvalue weighted by molar-refractivity contribution is -0.0511. The van der Waals surface area contributed by atoms with Crippen LogP contribution < -0.4 is 5.32 Å². The Morgan fingerprint density at radius 2 is 1.97 bits per heavy atom. The van der Waals surface area contributed by atoms with Crippen molar-refractivity contribution < 1.29 is 30.0 Å². The minimum Gasteiger partial charge on any atom is -0.478 e. The second-order valence-electron chi connectivity index (χ2n) is 6.59. The maximum Gasteiger partial charge on any atom is 0.336 e. The standard InChI is InChI=1S/C18H19N5O6/c24-6-11-13(25)14(26)17(29-11)23-8-22-12-15(20-7-21-16(12)23)19-5-9-3-1-2-4-10(9)18(27)28/h1-4,7-8,11,13-14,17,24-26H,5-6H2,(H,27,28)(H,19,20,21)/t11-,13-,14-,17-/m1/s1. The number of rotatable bonds is 6. The van der Waals surface area contributed by atoms with Gasteiger partial charge in [0.25, 0.3) is 0 Å². The number of carboxylic acid groups (broad SMARTS) is 1. The van der Waals surface area contributed by atoms with E-state index in [1.54, 1.807) is 18.2 Å². The van der Waals surface area contributed by atoms with Crippen molar-refractivity contribution in [3.05, 3.63) is 48.0 Å². The van der Waals surface area contributed by atoms with Gasteiger partial charge in [-0.1, -0.05) is 18.2 Å². The average molecular weight is 401 g/mol. The number of ether oxygens (including phenoxy) is 1. The third kappa shape index (κ3) is 3.40. The fourth-order valence-corrected chi connectivity index (χ4v) is 3.34. The number of carboxylic acids is 1. The summed E-state index contributed by atoms with van der Waals surface area (Å²) in [5.74, 6) is -0.649. The number of aliphatic hydroxyl groups excluding tert-OH is 3. The molecular weight excluding hydrogens is 382 g/mol. The Hall–Kier alpha value is -3.12. The summed E-state index contributed by atoms with van der Waals surface area (Å²) in [4.78, 5) is 24.0. The lowest BCUT2D eigenvalue weighted by atomic mass is 10.1. The number of benzene rings is 1. The van der Waals surface area contributed by atoms with Crippen molar-refractivity contribution >= 4 is 23.0 Å². The molecule has 0 aliphatic carbocycles. The van der Waals surface area contributed by atoms with Gasteiger partial charge < -0.3 is 30.5 Å². The van der Waals surface area contributed by atoms with Gasteiger partial charge in [-0.3, -0.25) is 4.57 Å². The molecule has 1 fully saturated rings. The maximum absolute atomic E-state index is 11.4. The van der Waals surface area contributed by atoms with Crippen molar-refractivity contribution in [2.45, 2.75) is 31.1 Å². The molecule has 1 aliphatic heterocycles. The van der Waals surface area contributed by atoms with Crippen LogP contribution in [0.15, 0.2) is 36.9 Å². The first-order valence-electron chi connectivity index (χ1n) is 8.86.